The highest BCUT2D eigenvalue weighted by molar-refractivity contribution is 6.30. The smallest absolute Gasteiger partial charge is 0.123 e. The minimum atomic E-state index is 0.256. The molecule has 1 aliphatic rings. The molecule has 0 bridgehead atoms. The minimum Gasteiger partial charge on any atom is -0.303 e. The molecule has 1 nitrogen and oxygen atoms in total. The number of carbonyl (C=O) groups excluding carboxylic acids is 1. The van der Waals surface area contributed by atoms with Crippen LogP contribution in [0, 0.1) is 5.92 Å². The maximum absolute atomic E-state index is 10.4. The second-order valence-corrected chi connectivity index (χ2v) is 3.63. The van der Waals surface area contributed by atoms with Gasteiger partial charge in [-0.3, -0.25) is 0 Å². The molecule has 0 aliphatic heterocycles. The maximum atomic E-state index is 10.4. The van der Waals surface area contributed by atoms with Gasteiger partial charge in [-0.2, -0.15) is 0 Å². The molecule has 0 N–H and O–H groups in total. The lowest BCUT2D eigenvalue weighted by atomic mass is 10.1. The van der Waals surface area contributed by atoms with E-state index < -0.39 is 0 Å². The Morgan fingerprint density at radius 3 is 2.50 bits per heavy atom. The van der Waals surface area contributed by atoms with E-state index in [0.717, 1.165) is 17.7 Å². The lowest BCUT2D eigenvalue weighted by Crippen LogP contribution is -1.83. The summed E-state index contributed by atoms with van der Waals surface area (Å²) < 4.78 is 0. The molecule has 1 fully saturated rings. The monoisotopic (exact) mass is 180 g/mol. The molecular weight excluding hydrogens is 172 g/mol. The molecule has 2 rings (SSSR count). The first-order valence-corrected chi connectivity index (χ1v) is 4.40. The van der Waals surface area contributed by atoms with Gasteiger partial charge in [-0.15, -0.1) is 0 Å². The van der Waals surface area contributed by atoms with E-state index in [1.54, 1.807) is 0 Å². The van der Waals surface area contributed by atoms with Crippen molar-refractivity contribution in [3.63, 3.8) is 0 Å². The summed E-state index contributed by atoms with van der Waals surface area (Å²) in [6, 6.07) is 7.74. The molecule has 12 heavy (non-hydrogen) atoms. The van der Waals surface area contributed by atoms with Crippen molar-refractivity contribution < 1.29 is 4.79 Å². The summed E-state index contributed by atoms with van der Waals surface area (Å²) in [5.41, 5.74) is 1.23. The van der Waals surface area contributed by atoms with Crippen molar-refractivity contribution in [3.8, 4) is 0 Å². The molecular formula is C10H9ClO. The van der Waals surface area contributed by atoms with Gasteiger partial charge in [0, 0.05) is 10.9 Å². The molecule has 1 aromatic carbocycles. The van der Waals surface area contributed by atoms with E-state index in [2.05, 4.69) is 0 Å². The number of hydrogen-bond acceptors (Lipinski definition) is 1. The second-order valence-electron chi connectivity index (χ2n) is 3.19. The Labute approximate surface area is 76.4 Å². The number of rotatable bonds is 2. The molecule has 2 atom stereocenters. The number of benzene rings is 1. The molecule has 0 spiro atoms. The summed E-state index contributed by atoms with van der Waals surface area (Å²) in [5, 5.41) is 0.752. The Morgan fingerprint density at radius 1 is 1.33 bits per heavy atom. The van der Waals surface area contributed by atoms with Gasteiger partial charge in [-0.25, -0.2) is 0 Å². The molecule has 2 unspecified atom stereocenters. The van der Waals surface area contributed by atoms with Crippen LogP contribution in [0.5, 0.6) is 0 Å². The number of halogens is 1. The third-order valence-corrected chi connectivity index (χ3v) is 2.56. The number of aldehydes is 1. The van der Waals surface area contributed by atoms with Gasteiger partial charge in [0.05, 0.1) is 0 Å². The van der Waals surface area contributed by atoms with Gasteiger partial charge in [0.2, 0.25) is 0 Å². The Balaban J connectivity index is 2.15. The fourth-order valence-corrected chi connectivity index (χ4v) is 1.58. The highest BCUT2D eigenvalue weighted by atomic mass is 35.5. The minimum absolute atomic E-state index is 0.256. The van der Waals surface area contributed by atoms with Crippen LogP contribution in [0.25, 0.3) is 0 Å². The number of hydrogen-bond donors (Lipinski definition) is 0. The quantitative estimate of drug-likeness (QED) is 0.640. The van der Waals surface area contributed by atoms with Crippen molar-refractivity contribution in [1.29, 1.82) is 0 Å². The SMILES string of the molecule is O=CC1CC1c1ccc(Cl)cc1. The van der Waals surface area contributed by atoms with Gasteiger partial charge in [0.25, 0.3) is 0 Å². The molecule has 1 saturated carbocycles. The average molecular weight is 181 g/mol. The van der Waals surface area contributed by atoms with Gasteiger partial charge < -0.3 is 4.79 Å². The highest BCUT2D eigenvalue weighted by Gasteiger charge is 2.37. The van der Waals surface area contributed by atoms with Gasteiger partial charge >= 0.3 is 0 Å². The maximum Gasteiger partial charge on any atom is 0.123 e. The Bertz CT molecular complexity index is 291. The van der Waals surface area contributed by atoms with E-state index >= 15 is 0 Å². The Morgan fingerprint density at radius 2 is 2.00 bits per heavy atom. The zero-order chi connectivity index (χ0) is 8.55. The predicted molar refractivity (Wildman–Crippen MR) is 48.4 cm³/mol. The van der Waals surface area contributed by atoms with Crippen LogP contribution in [0.15, 0.2) is 24.3 Å². The van der Waals surface area contributed by atoms with Crippen molar-refractivity contribution in [3.05, 3.63) is 34.9 Å². The van der Waals surface area contributed by atoms with Gasteiger partial charge in [-0.05, 0) is 30.0 Å². The Hall–Kier alpha value is -0.820. The van der Waals surface area contributed by atoms with E-state index in [-0.39, 0.29) is 5.92 Å². The summed E-state index contributed by atoms with van der Waals surface area (Å²) in [6.07, 6.45) is 2.05. The standard InChI is InChI=1S/C10H9ClO/c11-9-3-1-7(2-4-9)10-5-8(10)6-12/h1-4,6,8,10H,5H2. The Kier molecular flexibility index (Phi) is 1.89. The predicted octanol–water partition coefficient (Wildman–Crippen LogP) is 2.64. The van der Waals surface area contributed by atoms with E-state index in [1.807, 2.05) is 24.3 Å². The zero-order valence-corrected chi connectivity index (χ0v) is 7.29. The van der Waals surface area contributed by atoms with Crippen molar-refractivity contribution in [1.82, 2.24) is 0 Å². The van der Waals surface area contributed by atoms with Crippen molar-refractivity contribution in [2.75, 3.05) is 0 Å². The summed E-state index contributed by atoms with van der Waals surface area (Å²) in [7, 11) is 0. The first-order chi connectivity index (χ1) is 5.81. The van der Waals surface area contributed by atoms with Crippen LogP contribution in [0.3, 0.4) is 0 Å². The summed E-state index contributed by atoms with van der Waals surface area (Å²) in [5.74, 6) is 0.714. The molecule has 1 aliphatic carbocycles. The van der Waals surface area contributed by atoms with Gasteiger partial charge in [-0.1, -0.05) is 23.7 Å². The van der Waals surface area contributed by atoms with E-state index in [1.165, 1.54) is 5.56 Å². The first-order valence-electron chi connectivity index (χ1n) is 4.02. The fraction of sp³-hybridized carbons (Fsp3) is 0.300. The van der Waals surface area contributed by atoms with E-state index in [9.17, 15) is 4.79 Å². The van der Waals surface area contributed by atoms with Crippen LogP contribution in [0.2, 0.25) is 5.02 Å². The van der Waals surface area contributed by atoms with Crippen molar-refractivity contribution in [2.24, 2.45) is 5.92 Å². The normalized spacial score (nSPS) is 26.8. The molecule has 62 valence electrons. The van der Waals surface area contributed by atoms with E-state index in [0.29, 0.717) is 5.92 Å². The molecule has 1 aromatic rings. The molecule has 0 amide bonds. The van der Waals surface area contributed by atoms with Crippen LogP contribution in [-0.2, 0) is 4.79 Å². The zero-order valence-electron chi connectivity index (χ0n) is 6.53. The van der Waals surface area contributed by atoms with Crippen LogP contribution in [-0.4, -0.2) is 6.29 Å². The van der Waals surface area contributed by atoms with Crippen LogP contribution < -0.4 is 0 Å². The topological polar surface area (TPSA) is 17.1 Å². The molecule has 2 heteroatoms. The van der Waals surface area contributed by atoms with Crippen molar-refractivity contribution >= 4 is 17.9 Å². The van der Waals surface area contributed by atoms with Crippen LogP contribution in [0.1, 0.15) is 17.9 Å². The third-order valence-electron chi connectivity index (χ3n) is 2.31. The highest BCUT2D eigenvalue weighted by Crippen LogP contribution is 2.45. The first kappa shape index (κ1) is 7.81. The third kappa shape index (κ3) is 1.37. The molecule has 0 saturated heterocycles. The largest absolute Gasteiger partial charge is 0.303 e. The fourth-order valence-electron chi connectivity index (χ4n) is 1.46. The van der Waals surface area contributed by atoms with Crippen LogP contribution in [0.4, 0.5) is 0 Å². The summed E-state index contributed by atoms with van der Waals surface area (Å²) >= 11 is 5.74. The molecule has 0 radical (unpaired) electrons. The summed E-state index contributed by atoms with van der Waals surface area (Å²) in [4.78, 5) is 10.4. The van der Waals surface area contributed by atoms with Crippen molar-refractivity contribution in [2.45, 2.75) is 12.3 Å². The molecule has 0 heterocycles. The van der Waals surface area contributed by atoms with E-state index in [4.69, 9.17) is 11.6 Å². The summed E-state index contributed by atoms with van der Waals surface area (Å²) in [6.45, 7) is 0. The molecule has 0 aromatic heterocycles. The second kappa shape index (κ2) is 2.91. The van der Waals surface area contributed by atoms with Crippen LogP contribution >= 0.6 is 11.6 Å². The van der Waals surface area contributed by atoms with Gasteiger partial charge in [0.1, 0.15) is 6.29 Å². The lowest BCUT2D eigenvalue weighted by Gasteiger charge is -1.96. The lowest BCUT2D eigenvalue weighted by molar-refractivity contribution is -0.108. The number of carbonyl (C=O) groups is 1. The average Bonchev–Trinajstić information content (AvgIpc) is 2.85. The van der Waals surface area contributed by atoms with Gasteiger partial charge in [0.15, 0.2) is 0 Å².